The molecule has 6 nitrogen and oxygen atoms in total. The van der Waals surface area contributed by atoms with Crippen molar-refractivity contribution in [2.45, 2.75) is 25.9 Å². The number of carboxylic acid groups (broad SMARTS) is 1. The number of aromatic carboxylic acids is 1. The normalized spacial score (nSPS) is 14.6. The van der Waals surface area contributed by atoms with E-state index in [-0.39, 0.29) is 0 Å². The first-order chi connectivity index (χ1) is 13.1. The molecule has 0 saturated carbocycles. The van der Waals surface area contributed by atoms with Gasteiger partial charge in [-0.15, -0.1) is 0 Å². The van der Waals surface area contributed by atoms with Crippen LogP contribution in [0.2, 0.25) is 0 Å². The molecular weight excluding hydrogens is 340 g/mol. The van der Waals surface area contributed by atoms with Crippen LogP contribution in [-0.2, 0) is 26.6 Å². The first kappa shape index (κ1) is 17.4. The van der Waals surface area contributed by atoms with Crippen molar-refractivity contribution in [3.63, 3.8) is 0 Å². The summed E-state index contributed by atoms with van der Waals surface area (Å²) in [5.41, 5.74) is 5.92. The maximum atomic E-state index is 11.3. The molecule has 1 aliphatic heterocycles. The summed E-state index contributed by atoms with van der Waals surface area (Å²) in [6.07, 6.45) is 7.67. The Balaban J connectivity index is 1.60. The quantitative estimate of drug-likeness (QED) is 0.772. The van der Waals surface area contributed by atoms with E-state index in [0.29, 0.717) is 5.56 Å². The highest BCUT2D eigenvalue weighted by molar-refractivity contribution is 5.87. The second kappa shape index (κ2) is 7.32. The molecule has 0 aliphatic carbocycles. The molecule has 138 valence electrons. The molecule has 1 aromatic carbocycles. The molecular formula is C21H22N4O2. The summed E-state index contributed by atoms with van der Waals surface area (Å²) in [6, 6.07) is 9.45. The van der Waals surface area contributed by atoms with Crippen LogP contribution in [0, 0.1) is 0 Å². The number of pyridine rings is 1. The summed E-state index contributed by atoms with van der Waals surface area (Å²) in [7, 11) is 1.94. The maximum absolute atomic E-state index is 11.3. The molecule has 0 saturated heterocycles. The lowest BCUT2D eigenvalue weighted by Crippen LogP contribution is -2.23. The van der Waals surface area contributed by atoms with Crippen molar-refractivity contribution in [1.29, 1.82) is 0 Å². The molecule has 3 heterocycles. The minimum Gasteiger partial charge on any atom is -0.478 e. The molecule has 6 heteroatoms. The zero-order valence-corrected chi connectivity index (χ0v) is 15.3. The lowest BCUT2D eigenvalue weighted by molar-refractivity contribution is 0.0696. The van der Waals surface area contributed by atoms with Gasteiger partial charge in [-0.05, 0) is 54.8 Å². The number of aromatic nitrogens is 3. The number of carbonyl (C=O) groups is 1. The molecule has 0 atom stereocenters. The number of hydrogen-bond acceptors (Lipinski definition) is 4. The van der Waals surface area contributed by atoms with Crippen LogP contribution in [0.3, 0.4) is 0 Å². The fourth-order valence-electron chi connectivity index (χ4n) is 3.75. The van der Waals surface area contributed by atoms with Crippen molar-refractivity contribution < 1.29 is 9.90 Å². The van der Waals surface area contributed by atoms with Crippen LogP contribution in [0.4, 0.5) is 0 Å². The Morgan fingerprint density at radius 3 is 2.78 bits per heavy atom. The van der Waals surface area contributed by atoms with E-state index in [2.05, 4.69) is 21.2 Å². The third-order valence-electron chi connectivity index (χ3n) is 5.02. The fourth-order valence-corrected chi connectivity index (χ4v) is 3.75. The van der Waals surface area contributed by atoms with Crippen molar-refractivity contribution in [3.05, 3.63) is 71.2 Å². The van der Waals surface area contributed by atoms with Crippen molar-refractivity contribution in [2.75, 3.05) is 6.54 Å². The van der Waals surface area contributed by atoms with Crippen LogP contribution >= 0.6 is 0 Å². The Morgan fingerprint density at radius 1 is 1.19 bits per heavy atom. The first-order valence-electron chi connectivity index (χ1n) is 9.10. The molecule has 0 fully saturated rings. The highest BCUT2D eigenvalue weighted by Crippen LogP contribution is 2.26. The monoisotopic (exact) mass is 362 g/mol. The summed E-state index contributed by atoms with van der Waals surface area (Å²) in [5, 5.41) is 13.9. The first-order valence-corrected chi connectivity index (χ1v) is 9.10. The number of benzene rings is 1. The predicted molar refractivity (Wildman–Crippen MR) is 102 cm³/mol. The Labute approximate surface area is 158 Å². The van der Waals surface area contributed by atoms with E-state index < -0.39 is 5.97 Å². The molecule has 27 heavy (non-hydrogen) atoms. The minimum atomic E-state index is -0.874. The predicted octanol–water partition coefficient (Wildman–Crippen LogP) is 3.13. The molecule has 0 unspecified atom stereocenters. The van der Waals surface area contributed by atoms with Crippen LogP contribution in [-0.4, -0.2) is 37.3 Å². The average Bonchev–Trinajstić information content (AvgIpc) is 2.91. The van der Waals surface area contributed by atoms with E-state index >= 15 is 0 Å². The van der Waals surface area contributed by atoms with Gasteiger partial charge in [0.05, 0.1) is 11.3 Å². The Hall–Kier alpha value is -2.99. The number of fused-ring (bicyclic) bond motifs is 1. The average molecular weight is 362 g/mol. The lowest BCUT2D eigenvalue weighted by atomic mass is 10.0. The summed E-state index contributed by atoms with van der Waals surface area (Å²) in [4.78, 5) is 17.8. The van der Waals surface area contributed by atoms with Crippen molar-refractivity contribution in [3.8, 4) is 11.3 Å². The van der Waals surface area contributed by atoms with Gasteiger partial charge < -0.3 is 5.11 Å². The van der Waals surface area contributed by atoms with E-state index in [1.165, 1.54) is 11.1 Å². The molecule has 0 radical (unpaired) electrons. The van der Waals surface area contributed by atoms with Gasteiger partial charge in [-0.3, -0.25) is 14.6 Å². The summed E-state index contributed by atoms with van der Waals surface area (Å²) in [5.74, 6) is -0.874. The lowest BCUT2D eigenvalue weighted by Gasteiger charge is -2.20. The Bertz CT molecular complexity index is 966. The van der Waals surface area contributed by atoms with Gasteiger partial charge in [-0.1, -0.05) is 6.07 Å². The van der Waals surface area contributed by atoms with E-state index in [9.17, 15) is 9.90 Å². The Kier molecular flexibility index (Phi) is 4.73. The third kappa shape index (κ3) is 3.75. The van der Waals surface area contributed by atoms with Crippen LogP contribution in [0.1, 0.15) is 33.5 Å². The molecule has 1 N–H and O–H groups in total. The van der Waals surface area contributed by atoms with Crippen LogP contribution < -0.4 is 0 Å². The Morgan fingerprint density at radius 2 is 2.00 bits per heavy atom. The van der Waals surface area contributed by atoms with Crippen molar-refractivity contribution in [1.82, 2.24) is 19.7 Å². The van der Waals surface area contributed by atoms with Gasteiger partial charge in [0.25, 0.3) is 0 Å². The number of hydrogen-bond donors (Lipinski definition) is 1. The molecule has 0 spiro atoms. The van der Waals surface area contributed by atoms with Crippen LogP contribution in [0.25, 0.3) is 11.3 Å². The highest BCUT2D eigenvalue weighted by Gasteiger charge is 2.19. The van der Waals surface area contributed by atoms with Crippen LogP contribution in [0.5, 0.6) is 0 Å². The molecule has 2 aromatic heterocycles. The second-order valence-corrected chi connectivity index (χ2v) is 7.02. The van der Waals surface area contributed by atoms with Gasteiger partial charge in [0.1, 0.15) is 0 Å². The number of rotatable bonds is 4. The van der Waals surface area contributed by atoms with Gasteiger partial charge in [-0.25, -0.2) is 4.79 Å². The van der Waals surface area contributed by atoms with Gasteiger partial charge in [-0.2, -0.15) is 5.10 Å². The fraction of sp³-hybridized carbons (Fsp3) is 0.286. The van der Waals surface area contributed by atoms with Gasteiger partial charge in [0, 0.05) is 49.9 Å². The van der Waals surface area contributed by atoms with E-state index in [1.54, 1.807) is 18.5 Å². The number of carboxylic acids is 1. The molecule has 4 rings (SSSR count). The second-order valence-electron chi connectivity index (χ2n) is 7.02. The van der Waals surface area contributed by atoms with Crippen molar-refractivity contribution in [2.24, 2.45) is 7.05 Å². The minimum absolute atomic E-state index is 0.356. The number of nitrogens with zero attached hydrogens (tertiary/aromatic N) is 4. The number of aryl methyl sites for hydroxylation is 2. The molecule has 0 amide bonds. The van der Waals surface area contributed by atoms with Crippen molar-refractivity contribution >= 4 is 5.97 Å². The smallest absolute Gasteiger partial charge is 0.335 e. The van der Waals surface area contributed by atoms with E-state index in [1.807, 2.05) is 36.0 Å². The van der Waals surface area contributed by atoms with Gasteiger partial charge in [0.15, 0.2) is 0 Å². The summed E-state index contributed by atoms with van der Waals surface area (Å²) >= 11 is 0. The highest BCUT2D eigenvalue weighted by atomic mass is 16.4. The molecule has 0 bridgehead atoms. The maximum Gasteiger partial charge on any atom is 0.335 e. The van der Waals surface area contributed by atoms with Crippen LogP contribution in [0.15, 0.2) is 48.9 Å². The zero-order valence-electron chi connectivity index (χ0n) is 15.3. The summed E-state index contributed by atoms with van der Waals surface area (Å²) < 4.78 is 1.85. The SMILES string of the molecule is Cn1cc(CN2CCCc3ccc(C(=O)O)cc3C2)c(-c2ccncc2)n1. The van der Waals surface area contributed by atoms with E-state index in [4.69, 9.17) is 0 Å². The standard InChI is InChI=1S/C21H22N4O2/c1-24-12-19(20(23-24)16-6-8-22-9-7-16)14-25-10-2-3-15-4-5-17(21(26)27)11-18(15)13-25/h4-9,11-12H,2-3,10,13-14H2,1H3,(H,26,27). The largest absolute Gasteiger partial charge is 0.478 e. The summed E-state index contributed by atoms with van der Waals surface area (Å²) in [6.45, 7) is 2.51. The topological polar surface area (TPSA) is 71.2 Å². The third-order valence-corrected chi connectivity index (χ3v) is 5.02. The van der Waals surface area contributed by atoms with Gasteiger partial charge >= 0.3 is 5.97 Å². The molecule has 1 aliphatic rings. The van der Waals surface area contributed by atoms with E-state index in [0.717, 1.165) is 49.3 Å². The molecule has 3 aromatic rings. The zero-order chi connectivity index (χ0) is 18.8. The van der Waals surface area contributed by atoms with Gasteiger partial charge in [0.2, 0.25) is 0 Å².